The summed E-state index contributed by atoms with van der Waals surface area (Å²) in [6, 6.07) is 4.76. The second kappa shape index (κ2) is 6.48. The van der Waals surface area contributed by atoms with Crippen LogP contribution >= 0.6 is 0 Å². The van der Waals surface area contributed by atoms with Crippen molar-refractivity contribution in [2.45, 2.75) is 64.1 Å². The smallest absolute Gasteiger partial charge is 0.407 e. The lowest BCUT2D eigenvalue weighted by atomic mass is 10.1. The Kier molecular flexibility index (Phi) is 4.57. The summed E-state index contributed by atoms with van der Waals surface area (Å²) in [6.07, 6.45) is 6.16. The Morgan fingerprint density at radius 1 is 1.39 bits per heavy atom. The summed E-state index contributed by atoms with van der Waals surface area (Å²) in [5, 5.41) is 6.63. The van der Waals surface area contributed by atoms with Gasteiger partial charge in [-0.3, -0.25) is 4.98 Å². The van der Waals surface area contributed by atoms with Crippen LogP contribution in [-0.4, -0.2) is 29.3 Å². The second-order valence-electron chi connectivity index (χ2n) is 7.63. The van der Waals surface area contributed by atoms with Crippen LogP contribution in [0.25, 0.3) is 0 Å². The zero-order chi connectivity index (χ0) is 16.4. The molecule has 1 heterocycles. The highest BCUT2D eigenvalue weighted by molar-refractivity contribution is 5.67. The van der Waals surface area contributed by atoms with E-state index in [-0.39, 0.29) is 6.09 Å². The molecule has 0 saturated heterocycles. The normalized spacial score (nSPS) is 21.6. The van der Waals surface area contributed by atoms with Gasteiger partial charge in [-0.2, -0.15) is 0 Å². The third kappa shape index (κ3) is 4.44. The molecule has 2 atom stereocenters. The molecule has 5 nitrogen and oxygen atoms in total. The highest BCUT2D eigenvalue weighted by atomic mass is 16.6. The summed E-state index contributed by atoms with van der Waals surface area (Å²) >= 11 is 0. The van der Waals surface area contributed by atoms with Crippen LogP contribution in [-0.2, 0) is 11.2 Å². The molecule has 1 saturated carbocycles. The molecule has 1 amide bonds. The minimum absolute atomic E-state index is 0.292. The van der Waals surface area contributed by atoms with E-state index in [2.05, 4.69) is 21.7 Å². The first-order chi connectivity index (χ1) is 10.9. The first-order valence-electron chi connectivity index (χ1n) is 8.59. The van der Waals surface area contributed by atoms with E-state index in [4.69, 9.17) is 4.74 Å². The monoisotopic (exact) mass is 317 g/mol. The molecule has 0 spiro atoms. The molecule has 2 aliphatic rings. The summed E-state index contributed by atoms with van der Waals surface area (Å²) in [5.41, 5.74) is 2.07. The fraction of sp³-hybridized carbons (Fsp3) is 0.667. The standard InChI is InChI=1S/C18H27N3O2/c1-18(2,3)23-17(22)20-11-15(12-6-7-12)21-14-9-8-13-5-4-10-19-16(13)14/h4-5,10,12,14-15,21H,6-9,11H2,1-3H3,(H,20,22). The summed E-state index contributed by atoms with van der Waals surface area (Å²) in [4.78, 5) is 16.4. The molecule has 0 radical (unpaired) electrons. The van der Waals surface area contributed by atoms with Gasteiger partial charge in [0.15, 0.2) is 0 Å². The number of hydrogen-bond donors (Lipinski definition) is 2. The van der Waals surface area contributed by atoms with E-state index in [0.717, 1.165) is 12.8 Å². The quantitative estimate of drug-likeness (QED) is 0.876. The van der Waals surface area contributed by atoms with E-state index in [1.807, 2.05) is 33.0 Å². The first-order valence-corrected chi connectivity index (χ1v) is 8.59. The van der Waals surface area contributed by atoms with Gasteiger partial charge in [0.1, 0.15) is 5.60 Å². The molecule has 1 aromatic heterocycles. The van der Waals surface area contributed by atoms with Crippen molar-refractivity contribution >= 4 is 6.09 Å². The van der Waals surface area contributed by atoms with Crippen LogP contribution in [0.2, 0.25) is 0 Å². The third-order valence-corrected chi connectivity index (χ3v) is 4.43. The number of carbonyl (C=O) groups excluding carboxylic acids is 1. The average Bonchev–Trinajstić information content (AvgIpc) is 3.23. The Morgan fingerprint density at radius 2 is 2.17 bits per heavy atom. The van der Waals surface area contributed by atoms with Gasteiger partial charge in [0, 0.05) is 18.8 Å². The molecule has 1 aromatic rings. The van der Waals surface area contributed by atoms with Crippen molar-refractivity contribution in [2.75, 3.05) is 6.54 Å². The molecular weight excluding hydrogens is 290 g/mol. The van der Waals surface area contributed by atoms with E-state index < -0.39 is 5.60 Å². The topological polar surface area (TPSA) is 63.2 Å². The van der Waals surface area contributed by atoms with Crippen molar-refractivity contribution < 1.29 is 9.53 Å². The van der Waals surface area contributed by atoms with Crippen molar-refractivity contribution in [2.24, 2.45) is 5.92 Å². The van der Waals surface area contributed by atoms with Crippen LogP contribution < -0.4 is 10.6 Å². The molecule has 0 aromatic carbocycles. The fourth-order valence-electron chi connectivity index (χ4n) is 3.20. The Bertz CT molecular complexity index is 564. The Hall–Kier alpha value is -1.62. The number of hydrogen-bond acceptors (Lipinski definition) is 4. The predicted octanol–water partition coefficient (Wildman–Crippen LogP) is 2.96. The lowest BCUT2D eigenvalue weighted by molar-refractivity contribution is 0.0520. The number of ether oxygens (including phenoxy) is 1. The number of nitrogens with zero attached hydrogens (tertiary/aromatic N) is 1. The zero-order valence-corrected chi connectivity index (χ0v) is 14.3. The third-order valence-electron chi connectivity index (χ3n) is 4.43. The maximum absolute atomic E-state index is 11.9. The van der Waals surface area contributed by atoms with Crippen LogP contribution in [0.3, 0.4) is 0 Å². The van der Waals surface area contributed by atoms with Gasteiger partial charge in [-0.15, -0.1) is 0 Å². The van der Waals surface area contributed by atoms with Gasteiger partial charge in [0.05, 0.1) is 11.7 Å². The van der Waals surface area contributed by atoms with E-state index in [0.29, 0.717) is 24.5 Å². The highest BCUT2D eigenvalue weighted by Crippen LogP contribution is 2.36. The molecule has 1 fully saturated rings. The summed E-state index contributed by atoms with van der Waals surface area (Å²) in [6.45, 7) is 6.25. The lowest BCUT2D eigenvalue weighted by Crippen LogP contribution is -2.45. The maximum atomic E-state index is 11.9. The molecule has 2 aliphatic carbocycles. The molecule has 3 rings (SSSR count). The van der Waals surface area contributed by atoms with Crippen LogP contribution in [0, 0.1) is 5.92 Å². The molecule has 2 unspecified atom stereocenters. The highest BCUT2D eigenvalue weighted by Gasteiger charge is 2.35. The number of carbonyl (C=O) groups is 1. The zero-order valence-electron chi connectivity index (χ0n) is 14.3. The van der Waals surface area contributed by atoms with E-state index in [9.17, 15) is 4.79 Å². The van der Waals surface area contributed by atoms with Gasteiger partial charge >= 0.3 is 6.09 Å². The van der Waals surface area contributed by atoms with E-state index >= 15 is 0 Å². The van der Waals surface area contributed by atoms with Crippen LogP contribution in [0.5, 0.6) is 0 Å². The fourth-order valence-corrected chi connectivity index (χ4v) is 3.20. The van der Waals surface area contributed by atoms with Crippen molar-refractivity contribution in [3.05, 3.63) is 29.6 Å². The summed E-state index contributed by atoms with van der Waals surface area (Å²) in [7, 11) is 0. The molecule has 5 heteroatoms. The Labute approximate surface area is 138 Å². The number of aromatic nitrogens is 1. The SMILES string of the molecule is CC(C)(C)OC(=O)NCC(NC1CCc2cccnc21)C1CC1. The van der Waals surface area contributed by atoms with Gasteiger partial charge in [-0.05, 0) is 64.0 Å². The van der Waals surface area contributed by atoms with Crippen molar-refractivity contribution in [3.63, 3.8) is 0 Å². The Balaban J connectivity index is 1.55. The summed E-state index contributed by atoms with van der Waals surface area (Å²) < 4.78 is 5.32. The van der Waals surface area contributed by atoms with Gasteiger partial charge < -0.3 is 15.4 Å². The number of alkyl carbamates (subject to hydrolysis) is 1. The number of pyridine rings is 1. The molecule has 126 valence electrons. The molecule has 0 bridgehead atoms. The number of amides is 1. The number of aryl methyl sites for hydroxylation is 1. The van der Waals surface area contributed by atoms with Gasteiger partial charge in [-0.25, -0.2) is 4.79 Å². The van der Waals surface area contributed by atoms with Crippen LogP contribution in [0.15, 0.2) is 18.3 Å². The Morgan fingerprint density at radius 3 is 2.87 bits per heavy atom. The van der Waals surface area contributed by atoms with Crippen LogP contribution in [0.1, 0.15) is 57.3 Å². The minimum Gasteiger partial charge on any atom is -0.444 e. The number of rotatable bonds is 5. The lowest BCUT2D eigenvalue weighted by Gasteiger charge is -2.25. The average molecular weight is 317 g/mol. The second-order valence-corrected chi connectivity index (χ2v) is 7.63. The van der Waals surface area contributed by atoms with Gasteiger partial charge in [0.2, 0.25) is 0 Å². The largest absolute Gasteiger partial charge is 0.444 e. The van der Waals surface area contributed by atoms with Crippen molar-refractivity contribution in [1.29, 1.82) is 0 Å². The van der Waals surface area contributed by atoms with Crippen LogP contribution in [0.4, 0.5) is 4.79 Å². The van der Waals surface area contributed by atoms with Gasteiger partial charge in [0.25, 0.3) is 0 Å². The first kappa shape index (κ1) is 16.2. The molecular formula is C18H27N3O2. The van der Waals surface area contributed by atoms with E-state index in [1.54, 1.807) is 0 Å². The molecule has 0 aliphatic heterocycles. The number of fused-ring (bicyclic) bond motifs is 1. The summed E-state index contributed by atoms with van der Waals surface area (Å²) in [5.74, 6) is 0.651. The molecule has 2 N–H and O–H groups in total. The van der Waals surface area contributed by atoms with E-state index in [1.165, 1.54) is 24.1 Å². The molecule has 23 heavy (non-hydrogen) atoms. The van der Waals surface area contributed by atoms with Crippen molar-refractivity contribution in [1.82, 2.24) is 15.6 Å². The predicted molar refractivity (Wildman–Crippen MR) is 89.2 cm³/mol. The van der Waals surface area contributed by atoms with Crippen molar-refractivity contribution in [3.8, 4) is 0 Å². The number of nitrogens with one attached hydrogen (secondary N) is 2. The van der Waals surface area contributed by atoms with Gasteiger partial charge in [-0.1, -0.05) is 6.07 Å². The maximum Gasteiger partial charge on any atom is 0.407 e. The minimum atomic E-state index is -0.457.